The lowest BCUT2D eigenvalue weighted by molar-refractivity contribution is 0.0938. The number of aryl methyl sites for hydroxylation is 3. The topological polar surface area (TPSA) is 90.1 Å². The van der Waals surface area contributed by atoms with Crippen molar-refractivity contribution in [3.05, 3.63) is 71.7 Å². The van der Waals surface area contributed by atoms with Gasteiger partial charge in [0.1, 0.15) is 18.7 Å². The maximum atomic E-state index is 13.3. The van der Waals surface area contributed by atoms with E-state index >= 15 is 0 Å². The number of ether oxygens (including phenoxy) is 1. The van der Waals surface area contributed by atoms with E-state index < -0.39 is 0 Å². The molecule has 1 atom stereocenters. The van der Waals surface area contributed by atoms with Crippen molar-refractivity contribution in [1.29, 1.82) is 0 Å². The number of hydrogen-bond acceptors (Lipinski definition) is 6. The maximum Gasteiger partial charge on any atom is 0.252 e. The van der Waals surface area contributed by atoms with Crippen molar-refractivity contribution < 1.29 is 9.53 Å². The summed E-state index contributed by atoms with van der Waals surface area (Å²) < 4.78 is 9.48. The van der Waals surface area contributed by atoms with Crippen LogP contribution < -0.4 is 10.1 Å². The number of rotatable bonds is 10. The molecule has 2 aromatic carbocycles. The van der Waals surface area contributed by atoms with Crippen LogP contribution in [-0.2, 0) is 13.6 Å². The first-order valence-electron chi connectivity index (χ1n) is 12.5. The lowest BCUT2D eigenvalue weighted by atomic mass is 9.98. The standard InChI is InChI=1S/C28H35N7O2/c1-7-35-11-10-26(32-35)22-14-21(15-23(16-22)27-29-18-30-34(27)6)20(3)31-28(36)25-17-24(9-8-19(25)2)37-13-12-33(4)5/h8-11,14-18,20H,7,12-13H2,1-6H3,(H,31,36)/t20-/m1/s1. The van der Waals surface area contributed by atoms with E-state index in [0.717, 1.165) is 46.9 Å². The van der Waals surface area contributed by atoms with Crippen molar-refractivity contribution in [3.63, 3.8) is 0 Å². The second-order valence-corrected chi connectivity index (χ2v) is 9.43. The predicted molar refractivity (Wildman–Crippen MR) is 144 cm³/mol. The van der Waals surface area contributed by atoms with Gasteiger partial charge in [0.2, 0.25) is 0 Å². The van der Waals surface area contributed by atoms with Crippen LogP contribution in [0, 0.1) is 6.92 Å². The third-order valence-electron chi connectivity index (χ3n) is 6.29. The summed E-state index contributed by atoms with van der Waals surface area (Å²) in [5.74, 6) is 1.28. The van der Waals surface area contributed by atoms with E-state index in [1.807, 2.05) is 76.2 Å². The van der Waals surface area contributed by atoms with Gasteiger partial charge < -0.3 is 15.0 Å². The van der Waals surface area contributed by atoms with Crippen molar-refractivity contribution in [1.82, 2.24) is 34.8 Å². The predicted octanol–water partition coefficient (Wildman–Crippen LogP) is 4.11. The Morgan fingerprint density at radius 3 is 2.59 bits per heavy atom. The van der Waals surface area contributed by atoms with Gasteiger partial charge in [0, 0.05) is 43.0 Å². The monoisotopic (exact) mass is 501 g/mol. The molecule has 1 amide bonds. The van der Waals surface area contributed by atoms with E-state index in [1.165, 1.54) is 6.33 Å². The molecular weight excluding hydrogens is 466 g/mol. The van der Waals surface area contributed by atoms with Gasteiger partial charge in [0.05, 0.1) is 11.7 Å². The zero-order chi connectivity index (χ0) is 26.5. The number of hydrogen-bond donors (Lipinski definition) is 1. The summed E-state index contributed by atoms with van der Waals surface area (Å²) in [6.45, 7) is 8.11. The Kier molecular flexibility index (Phi) is 8.03. The third-order valence-corrected chi connectivity index (χ3v) is 6.29. The zero-order valence-corrected chi connectivity index (χ0v) is 22.4. The van der Waals surface area contributed by atoms with Crippen molar-refractivity contribution in [3.8, 4) is 28.4 Å². The maximum absolute atomic E-state index is 13.3. The Balaban J connectivity index is 1.61. The molecule has 0 spiro atoms. The highest BCUT2D eigenvalue weighted by molar-refractivity contribution is 5.96. The average molecular weight is 502 g/mol. The van der Waals surface area contributed by atoms with Crippen LogP contribution in [0.15, 0.2) is 55.0 Å². The number of benzene rings is 2. The molecule has 1 N–H and O–H groups in total. The summed E-state index contributed by atoms with van der Waals surface area (Å²) in [6.07, 6.45) is 3.50. The fourth-order valence-corrected chi connectivity index (χ4v) is 4.07. The minimum Gasteiger partial charge on any atom is -0.492 e. The van der Waals surface area contributed by atoms with Gasteiger partial charge in [-0.05, 0) is 82.4 Å². The van der Waals surface area contributed by atoms with Crippen LogP contribution in [0.3, 0.4) is 0 Å². The lowest BCUT2D eigenvalue weighted by Gasteiger charge is -2.18. The Labute approximate surface area is 218 Å². The molecule has 0 saturated heterocycles. The van der Waals surface area contributed by atoms with Crippen LogP contribution in [0.5, 0.6) is 5.75 Å². The summed E-state index contributed by atoms with van der Waals surface area (Å²) in [5.41, 5.74) is 5.17. The fraction of sp³-hybridized carbons (Fsp3) is 0.357. The average Bonchev–Trinajstić information content (AvgIpc) is 3.53. The summed E-state index contributed by atoms with van der Waals surface area (Å²) in [6, 6.07) is 13.5. The molecule has 2 aromatic heterocycles. The van der Waals surface area contributed by atoms with Crippen molar-refractivity contribution in [2.45, 2.75) is 33.4 Å². The Bertz CT molecular complexity index is 1370. The molecule has 194 valence electrons. The normalized spacial score (nSPS) is 12.1. The number of carbonyl (C=O) groups is 1. The molecule has 4 rings (SSSR count). The van der Waals surface area contributed by atoms with E-state index in [1.54, 1.807) is 4.68 Å². The molecule has 2 heterocycles. The Morgan fingerprint density at radius 2 is 1.92 bits per heavy atom. The number of amides is 1. The van der Waals surface area contributed by atoms with Gasteiger partial charge in [-0.3, -0.25) is 9.48 Å². The highest BCUT2D eigenvalue weighted by Crippen LogP contribution is 2.29. The minimum atomic E-state index is -0.259. The van der Waals surface area contributed by atoms with E-state index in [9.17, 15) is 4.79 Å². The smallest absolute Gasteiger partial charge is 0.252 e. The Morgan fingerprint density at radius 1 is 1.14 bits per heavy atom. The van der Waals surface area contributed by atoms with Crippen molar-refractivity contribution in [2.24, 2.45) is 7.05 Å². The Hall–Kier alpha value is -3.98. The van der Waals surface area contributed by atoms with Crippen LogP contribution in [0.1, 0.15) is 41.4 Å². The van der Waals surface area contributed by atoms with Gasteiger partial charge in [-0.1, -0.05) is 6.07 Å². The highest BCUT2D eigenvalue weighted by Gasteiger charge is 2.18. The van der Waals surface area contributed by atoms with Gasteiger partial charge >= 0.3 is 0 Å². The molecule has 0 aliphatic heterocycles. The van der Waals surface area contributed by atoms with Gasteiger partial charge in [-0.2, -0.15) is 10.2 Å². The van der Waals surface area contributed by atoms with Gasteiger partial charge in [0.25, 0.3) is 5.91 Å². The molecule has 0 aliphatic carbocycles. The number of nitrogens with zero attached hydrogens (tertiary/aromatic N) is 6. The van der Waals surface area contributed by atoms with Crippen LogP contribution >= 0.6 is 0 Å². The van der Waals surface area contributed by atoms with E-state index in [2.05, 4.69) is 44.5 Å². The molecule has 0 saturated carbocycles. The zero-order valence-electron chi connectivity index (χ0n) is 22.4. The number of carbonyl (C=O) groups excluding carboxylic acids is 1. The van der Waals surface area contributed by atoms with Crippen LogP contribution in [0.4, 0.5) is 0 Å². The van der Waals surface area contributed by atoms with Crippen LogP contribution in [0.25, 0.3) is 22.6 Å². The summed E-state index contributed by atoms with van der Waals surface area (Å²) >= 11 is 0. The van der Waals surface area contributed by atoms with Gasteiger partial charge in [-0.25, -0.2) is 9.67 Å². The summed E-state index contributed by atoms with van der Waals surface area (Å²) in [7, 11) is 5.86. The van der Waals surface area contributed by atoms with Crippen molar-refractivity contribution in [2.75, 3.05) is 27.2 Å². The van der Waals surface area contributed by atoms with E-state index in [-0.39, 0.29) is 11.9 Å². The molecule has 0 fully saturated rings. The molecule has 37 heavy (non-hydrogen) atoms. The molecule has 0 unspecified atom stereocenters. The molecule has 0 radical (unpaired) electrons. The minimum absolute atomic E-state index is 0.149. The van der Waals surface area contributed by atoms with E-state index in [0.29, 0.717) is 17.9 Å². The second-order valence-electron chi connectivity index (χ2n) is 9.43. The first kappa shape index (κ1) is 26.1. The molecule has 9 heteroatoms. The fourth-order valence-electron chi connectivity index (χ4n) is 4.07. The van der Waals surface area contributed by atoms with Crippen LogP contribution in [-0.4, -0.2) is 62.6 Å². The van der Waals surface area contributed by atoms with Crippen LogP contribution in [0.2, 0.25) is 0 Å². The highest BCUT2D eigenvalue weighted by atomic mass is 16.5. The first-order chi connectivity index (χ1) is 17.7. The van der Waals surface area contributed by atoms with Gasteiger partial charge in [0.15, 0.2) is 5.82 Å². The van der Waals surface area contributed by atoms with E-state index in [4.69, 9.17) is 4.74 Å². The summed E-state index contributed by atoms with van der Waals surface area (Å²) in [4.78, 5) is 19.8. The second kappa shape index (κ2) is 11.4. The SMILES string of the molecule is CCn1ccc(-c2cc(-c3ncnn3C)cc([C@@H](C)NC(=O)c3cc(OCCN(C)C)ccc3C)c2)n1. The van der Waals surface area contributed by atoms with Crippen molar-refractivity contribution >= 4 is 5.91 Å². The first-order valence-corrected chi connectivity index (χ1v) is 12.5. The molecule has 0 bridgehead atoms. The number of aromatic nitrogens is 5. The van der Waals surface area contributed by atoms with Gasteiger partial charge in [-0.15, -0.1) is 0 Å². The quantitative estimate of drug-likeness (QED) is 0.352. The largest absolute Gasteiger partial charge is 0.492 e. The lowest BCUT2D eigenvalue weighted by Crippen LogP contribution is -2.27. The summed E-state index contributed by atoms with van der Waals surface area (Å²) in [5, 5.41) is 12.1. The molecule has 9 nitrogen and oxygen atoms in total. The third kappa shape index (κ3) is 6.24. The number of likely N-dealkylation sites (N-methyl/N-ethyl adjacent to an activating group) is 1. The molecule has 4 aromatic rings. The number of nitrogens with one attached hydrogen (secondary N) is 1. The molecule has 0 aliphatic rings. The molecular formula is C28H35N7O2.